The van der Waals surface area contributed by atoms with Crippen LogP contribution in [-0.4, -0.2) is 27.4 Å². The van der Waals surface area contributed by atoms with Crippen LogP contribution in [0.1, 0.15) is 37.6 Å². The highest BCUT2D eigenvalue weighted by molar-refractivity contribution is 7.92. The lowest BCUT2D eigenvalue weighted by molar-refractivity contribution is 0.0601. The highest BCUT2D eigenvalue weighted by Crippen LogP contribution is 2.39. The molecule has 32 heavy (non-hydrogen) atoms. The highest BCUT2D eigenvalue weighted by Gasteiger charge is 2.29. The summed E-state index contributed by atoms with van der Waals surface area (Å²) in [7, 11) is -2.77. The lowest BCUT2D eigenvalue weighted by Crippen LogP contribution is -2.19. The number of methoxy groups -OCH3 is 1. The number of esters is 1. The second-order valence-corrected chi connectivity index (χ2v) is 9.90. The van der Waals surface area contributed by atoms with E-state index in [0.717, 1.165) is 54.0 Å². The third kappa shape index (κ3) is 4.23. The zero-order valence-electron chi connectivity index (χ0n) is 17.0. The maximum absolute atomic E-state index is 13.2. The summed E-state index contributed by atoms with van der Waals surface area (Å²) in [5, 5.41) is 3.12. The number of benzene rings is 2. The molecule has 4 rings (SSSR count). The molecule has 1 aliphatic rings. The molecule has 3 aromatic rings. The van der Waals surface area contributed by atoms with E-state index in [1.807, 2.05) is 0 Å². The summed E-state index contributed by atoms with van der Waals surface area (Å²) in [5.74, 6) is -1.66. The quantitative estimate of drug-likeness (QED) is 0.521. The van der Waals surface area contributed by atoms with Gasteiger partial charge in [0.15, 0.2) is 0 Å². The van der Waals surface area contributed by atoms with Crippen LogP contribution in [0.15, 0.2) is 53.4 Å². The summed E-state index contributed by atoms with van der Waals surface area (Å²) in [6.45, 7) is 0. The molecule has 0 saturated carbocycles. The number of para-hydroxylation sites is 1. The Hall–Kier alpha value is -3.24. The van der Waals surface area contributed by atoms with Crippen LogP contribution in [0.5, 0.6) is 0 Å². The lowest BCUT2D eigenvalue weighted by atomic mass is 10.1. The molecule has 0 bridgehead atoms. The van der Waals surface area contributed by atoms with Crippen molar-refractivity contribution in [1.29, 1.82) is 0 Å². The van der Waals surface area contributed by atoms with E-state index in [2.05, 4.69) is 10.0 Å². The predicted octanol–water partition coefficient (Wildman–Crippen LogP) is 4.22. The normalized spacial score (nSPS) is 12.8. The van der Waals surface area contributed by atoms with Gasteiger partial charge in [-0.15, -0.1) is 11.3 Å². The summed E-state index contributed by atoms with van der Waals surface area (Å²) in [4.78, 5) is 26.3. The first-order valence-electron chi connectivity index (χ1n) is 9.72. The average molecular weight is 475 g/mol. The first-order valence-corrected chi connectivity index (χ1v) is 12.0. The summed E-state index contributed by atoms with van der Waals surface area (Å²) < 4.78 is 45.8. The van der Waals surface area contributed by atoms with Crippen LogP contribution in [0.2, 0.25) is 0 Å². The molecule has 1 aliphatic carbocycles. The van der Waals surface area contributed by atoms with Gasteiger partial charge in [-0.3, -0.25) is 9.52 Å². The van der Waals surface area contributed by atoms with E-state index in [-0.39, 0.29) is 16.1 Å². The Morgan fingerprint density at radius 1 is 1.06 bits per heavy atom. The fourth-order valence-electron chi connectivity index (χ4n) is 3.57. The summed E-state index contributed by atoms with van der Waals surface area (Å²) in [6, 6.07) is 10.4. The number of carbonyl (C=O) groups excluding carboxylic acids is 2. The predicted molar refractivity (Wildman–Crippen MR) is 119 cm³/mol. The summed E-state index contributed by atoms with van der Waals surface area (Å²) in [5.41, 5.74) is 1.37. The Bertz CT molecular complexity index is 1300. The molecule has 1 amide bonds. The zero-order chi connectivity index (χ0) is 22.9. The second-order valence-electron chi connectivity index (χ2n) is 7.11. The third-order valence-corrected chi connectivity index (χ3v) is 7.67. The number of sulfonamides is 1. The first kappa shape index (κ1) is 22.0. The molecule has 166 valence electrons. The minimum absolute atomic E-state index is 0.0537. The molecule has 2 N–H and O–H groups in total. The number of hydrogen-bond acceptors (Lipinski definition) is 6. The monoisotopic (exact) mass is 474 g/mol. The van der Waals surface area contributed by atoms with Crippen molar-refractivity contribution >= 4 is 43.9 Å². The molecular weight excluding hydrogens is 455 g/mol. The van der Waals surface area contributed by atoms with Crippen LogP contribution in [-0.2, 0) is 27.6 Å². The molecular formula is C22H19FN2O5S2. The largest absolute Gasteiger partial charge is 0.465 e. The van der Waals surface area contributed by atoms with Gasteiger partial charge in [0.25, 0.3) is 15.9 Å². The topological polar surface area (TPSA) is 102 Å². The molecule has 0 aliphatic heterocycles. The van der Waals surface area contributed by atoms with Crippen molar-refractivity contribution in [2.45, 2.75) is 24.2 Å². The standard InChI is InChI=1S/C22H19FN2O5S2/c1-30-22(27)19-16-6-4-8-18(16)31-21(19)24-20(26)15-5-2-3-7-17(15)25-32(28,29)14-11-9-13(23)10-12-14/h2-3,5,7,9-12,25H,4,6,8H2,1H3,(H,24,26). The van der Waals surface area contributed by atoms with E-state index in [9.17, 15) is 22.4 Å². The van der Waals surface area contributed by atoms with Crippen molar-refractivity contribution in [2.75, 3.05) is 17.1 Å². The van der Waals surface area contributed by atoms with Crippen molar-refractivity contribution < 1.29 is 27.1 Å². The molecule has 0 atom stereocenters. The Kier molecular flexibility index (Phi) is 5.98. The van der Waals surface area contributed by atoms with Gasteiger partial charge in [-0.2, -0.15) is 0 Å². The number of carbonyl (C=O) groups is 2. The zero-order valence-corrected chi connectivity index (χ0v) is 18.6. The van der Waals surface area contributed by atoms with Gasteiger partial charge in [-0.25, -0.2) is 17.6 Å². The number of thiophene rings is 1. The average Bonchev–Trinajstić information content (AvgIpc) is 3.34. The number of aryl methyl sites for hydroxylation is 1. The van der Waals surface area contributed by atoms with Gasteiger partial charge >= 0.3 is 5.97 Å². The number of ether oxygens (including phenoxy) is 1. The van der Waals surface area contributed by atoms with Crippen LogP contribution < -0.4 is 10.0 Å². The molecule has 1 heterocycles. The van der Waals surface area contributed by atoms with E-state index >= 15 is 0 Å². The number of anilines is 2. The first-order chi connectivity index (χ1) is 15.3. The SMILES string of the molecule is COC(=O)c1c(NC(=O)c2ccccc2NS(=O)(=O)c2ccc(F)cc2)sc2c1CCC2. The minimum Gasteiger partial charge on any atom is -0.465 e. The van der Waals surface area contributed by atoms with Crippen LogP contribution in [0.25, 0.3) is 0 Å². The molecule has 10 heteroatoms. The van der Waals surface area contributed by atoms with Crippen LogP contribution in [0.3, 0.4) is 0 Å². The van der Waals surface area contributed by atoms with Gasteiger partial charge < -0.3 is 10.1 Å². The highest BCUT2D eigenvalue weighted by atomic mass is 32.2. The maximum Gasteiger partial charge on any atom is 0.341 e. The Morgan fingerprint density at radius 2 is 1.78 bits per heavy atom. The smallest absolute Gasteiger partial charge is 0.341 e. The Balaban J connectivity index is 1.63. The van der Waals surface area contributed by atoms with Gasteiger partial charge in [-0.05, 0) is 61.2 Å². The lowest BCUT2D eigenvalue weighted by Gasteiger charge is -2.13. The fraction of sp³-hybridized carbons (Fsp3) is 0.182. The minimum atomic E-state index is -4.05. The molecule has 0 saturated heterocycles. The molecule has 2 aromatic carbocycles. The van der Waals surface area contributed by atoms with Crippen LogP contribution in [0, 0.1) is 5.82 Å². The molecule has 7 nitrogen and oxygen atoms in total. The Labute approximate surface area is 188 Å². The van der Waals surface area contributed by atoms with Gasteiger partial charge in [0.05, 0.1) is 28.8 Å². The van der Waals surface area contributed by atoms with E-state index in [4.69, 9.17) is 4.74 Å². The maximum atomic E-state index is 13.2. The third-order valence-electron chi connectivity index (χ3n) is 5.08. The number of fused-ring (bicyclic) bond motifs is 1. The van der Waals surface area contributed by atoms with Crippen molar-refractivity contribution in [1.82, 2.24) is 0 Å². The molecule has 0 spiro atoms. The number of amides is 1. The summed E-state index contributed by atoms with van der Waals surface area (Å²) in [6.07, 6.45) is 2.50. The molecule has 0 radical (unpaired) electrons. The van der Waals surface area contributed by atoms with Crippen molar-refractivity contribution in [3.05, 3.63) is 75.9 Å². The second kappa shape index (κ2) is 8.71. The Morgan fingerprint density at radius 3 is 2.50 bits per heavy atom. The number of hydrogen-bond donors (Lipinski definition) is 2. The van der Waals surface area contributed by atoms with Crippen molar-refractivity contribution in [3.8, 4) is 0 Å². The van der Waals surface area contributed by atoms with Gasteiger partial charge in [0, 0.05) is 4.88 Å². The molecule has 0 unspecified atom stereocenters. The molecule has 0 fully saturated rings. The van der Waals surface area contributed by atoms with Gasteiger partial charge in [0.2, 0.25) is 0 Å². The number of rotatable bonds is 6. The number of halogens is 1. The fourth-order valence-corrected chi connectivity index (χ4v) is 5.92. The number of nitrogens with one attached hydrogen (secondary N) is 2. The van der Waals surface area contributed by atoms with E-state index < -0.39 is 27.7 Å². The van der Waals surface area contributed by atoms with E-state index in [0.29, 0.717) is 10.6 Å². The van der Waals surface area contributed by atoms with Crippen LogP contribution in [0.4, 0.5) is 15.1 Å². The van der Waals surface area contributed by atoms with E-state index in [1.165, 1.54) is 30.6 Å². The van der Waals surface area contributed by atoms with Crippen molar-refractivity contribution in [2.24, 2.45) is 0 Å². The van der Waals surface area contributed by atoms with E-state index in [1.54, 1.807) is 12.1 Å². The molecule has 1 aromatic heterocycles. The van der Waals surface area contributed by atoms with Gasteiger partial charge in [0.1, 0.15) is 10.8 Å². The van der Waals surface area contributed by atoms with Crippen LogP contribution >= 0.6 is 11.3 Å². The van der Waals surface area contributed by atoms with Crippen molar-refractivity contribution in [3.63, 3.8) is 0 Å². The summed E-state index contributed by atoms with van der Waals surface area (Å²) >= 11 is 1.33. The van der Waals surface area contributed by atoms with Gasteiger partial charge in [-0.1, -0.05) is 12.1 Å².